The summed E-state index contributed by atoms with van der Waals surface area (Å²) in [5.41, 5.74) is 2.14. The van der Waals surface area contributed by atoms with E-state index in [1.54, 1.807) is 80.9 Å². The molecule has 0 heterocycles. The van der Waals surface area contributed by atoms with Gasteiger partial charge in [-0.2, -0.15) is 0 Å². The summed E-state index contributed by atoms with van der Waals surface area (Å²) in [6, 6.07) is 29.6. The molecule has 0 unspecified atom stereocenters. The number of benzene rings is 4. The van der Waals surface area contributed by atoms with Gasteiger partial charge < -0.3 is 14.8 Å². The van der Waals surface area contributed by atoms with Crippen LogP contribution in [0.4, 0.5) is 5.69 Å². The summed E-state index contributed by atoms with van der Waals surface area (Å²) >= 11 is 0. The number of nitrogens with one attached hydrogen (secondary N) is 1. The van der Waals surface area contributed by atoms with E-state index in [0.29, 0.717) is 17.2 Å². The highest BCUT2D eigenvalue weighted by Crippen LogP contribution is 2.30. The van der Waals surface area contributed by atoms with Gasteiger partial charge in [-0.05, 0) is 47.5 Å². The first-order chi connectivity index (χ1) is 17.9. The Labute approximate surface area is 217 Å². The number of carbonyl (C=O) groups is 1. The zero-order valence-corrected chi connectivity index (χ0v) is 21.4. The molecule has 4 rings (SSSR count). The first kappa shape index (κ1) is 25.8. The van der Waals surface area contributed by atoms with Gasteiger partial charge in [0, 0.05) is 6.54 Å². The van der Waals surface area contributed by atoms with Gasteiger partial charge in [0.05, 0.1) is 36.9 Å². The van der Waals surface area contributed by atoms with Crippen LogP contribution in [0.25, 0.3) is 0 Å². The Morgan fingerprint density at radius 3 is 2.05 bits per heavy atom. The summed E-state index contributed by atoms with van der Waals surface area (Å²) in [7, 11) is -0.866. The molecule has 0 radical (unpaired) electrons. The van der Waals surface area contributed by atoms with Crippen molar-refractivity contribution in [3.05, 3.63) is 120 Å². The largest absolute Gasteiger partial charge is 0.493 e. The first-order valence-electron chi connectivity index (χ1n) is 11.6. The molecular formula is C29H28N2O5S. The lowest BCUT2D eigenvalue weighted by Gasteiger charge is -2.26. The zero-order chi connectivity index (χ0) is 26.3. The van der Waals surface area contributed by atoms with Crippen molar-refractivity contribution in [1.29, 1.82) is 0 Å². The minimum absolute atomic E-state index is 0.0675. The Morgan fingerprint density at radius 2 is 1.38 bits per heavy atom. The molecule has 4 aromatic rings. The van der Waals surface area contributed by atoms with Gasteiger partial charge in [-0.15, -0.1) is 0 Å². The van der Waals surface area contributed by atoms with Crippen LogP contribution in [0.15, 0.2) is 108 Å². The zero-order valence-electron chi connectivity index (χ0n) is 20.6. The smallest absolute Gasteiger partial charge is 0.264 e. The monoisotopic (exact) mass is 516 g/mol. The number of sulfonamides is 1. The predicted molar refractivity (Wildman–Crippen MR) is 143 cm³/mol. The predicted octanol–water partition coefficient (Wildman–Crippen LogP) is 5.03. The van der Waals surface area contributed by atoms with Gasteiger partial charge in [0.2, 0.25) is 0 Å². The summed E-state index contributed by atoms with van der Waals surface area (Å²) < 4.78 is 39.5. The van der Waals surface area contributed by atoms with Crippen LogP contribution in [0.2, 0.25) is 0 Å². The SMILES string of the molecule is COc1ccc(CNC(=O)c2ccccc2N(Cc2ccccc2)S(=O)(=O)c2ccccc2)cc1OC. The van der Waals surface area contributed by atoms with Crippen LogP contribution in [-0.2, 0) is 23.1 Å². The molecule has 0 aliphatic heterocycles. The van der Waals surface area contributed by atoms with Gasteiger partial charge in [-0.25, -0.2) is 8.42 Å². The van der Waals surface area contributed by atoms with E-state index < -0.39 is 15.9 Å². The van der Waals surface area contributed by atoms with Crippen LogP contribution in [0.1, 0.15) is 21.5 Å². The molecule has 4 aromatic carbocycles. The second-order valence-electron chi connectivity index (χ2n) is 8.20. The average Bonchev–Trinajstić information content (AvgIpc) is 2.95. The molecule has 190 valence electrons. The van der Waals surface area contributed by atoms with E-state index in [4.69, 9.17) is 9.47 Å². The van der Waals surface area contributed by atoms with Crippen LogP contribution in [0.5, 0.6) is 11.5 Å². The molecule has 1 N–H and O–H groups in total. The minimum atomic E-state index is -3.97. The lowest BCUT2D eigenvalue weighted by atomic mass is 10.1. The first-order valence-corrected chi connectivity index (χ1v) is 13.1. The summed E-state index contributed by atoms with van der Waals surface area (Å²) in [6.45, 7) is 0.287. The third-order valence-corrected chi connectivity index (χ3v) is 7.59. The number of methoxy groups -OCH3 is 2. The summed E-state index contributed by atoms with van der Waals surface area (Å²) in [5.74, 6) is 0.745. The Balaban J connectivity index is 1.67. The second kappa shape index (κ2) is 11.6. The topological polar surface area (TPSA) is 84.9 Å². The van der Waals surface area contributed by atoms with E-state index in [0.717, 1.165) is 11.1 Å². The normalized spacial score (nSPS) is 11.0. The second-order valence-corrected chi connectivity index (χ2v) is 10.1. The van der Waals surface area contributed by atoms with Crippen molar-refractivity contribution in [3.8, 4) is 11.5 Å². The van der Waals surface area contributed by atoms with E-state index in [2.05, 4.69) is 5.32 Å². The lowest BCUT2D eigenvalue weighted by Crippen LogP contribution is -2.33. The molecule has 0 spiro atoms. The molecule has 0 aromatic heterocycles. The highest BCUT2D eigenvalue weighted by molar-refractivity contribution is 7.92. The Bertz CT molecular complexity index is 1460. The maximum atomic E-state index is 13.8. The minimum Gasteiger partial charge on any atom is -0.493 e. The van der Waals surface area contributed by atoms with Gasteiger partial charge in [0.25, 0.3) is 15.9 Å². The van der Waals surface area contributed by atoms with Crippen molar-refractivity contribution in [2.24, 2.45) is 0 Å². The van der Waals surface area contributed by atoms with E-state index in [1.807, 2.05) is 36.4 Å². The lowest BCUT2D eigenvalue weighted by molar-refractivity contribution is 0.0951. The van der Waals surface area contributed by atoms with Crippen LogP contribution in [0.3, 0.4) is 0 Å². The van der Waals surface area contributed by atoms with Gasteiger partial charge in [-0.1, -0.05) is 66.7 Å². The molecule has 7 nitrogen and oxygen atoms in total. The molecule has 0 aliphatic carbocycles. The van der Waals surface area contributed by atoms with E-state index >= 15 is 0 Å². The van der Waals surface area contributed by atoms with Crippen LogP contribution < -0.4 is 19.1 Å². The van der Waals surface area contributed by atoms with Crippen molar-refractivity contribution in [2.45, 2.75) is 18.0 Å². The van der Waals surface area contributed by atoms with Crippen molar-refractivity contribution in [3.63, 3.8) is 0 Å². The average molecular weight is 517 g/mol. The third kappa shape index (κ3) is 5.92. The fourth-order valence-corrected chi connectivity index (χ4v) is 5.41. The fraction of sp³-hybridized carbons (Fsp3) is 0.138. The number of nitrogens with zero attached hydrogens (tertiary/aromatic N) is 1. The molecule has 8 heteroatoms. The van der Waals surface area contributed by atoms with Gasteiger partial charge in [-0.3, -0.25) is 9.10 Å². The Kier molecular flexibility index (Phi) is 8.10. The van der Waals surface area contributed by atoms with Crippen molar-refractivity contribution in [1.82, 2.24) is 5.32 Å². The van der Waals surface area contributed by atoms with Gasteiger partial charge in [0.15, 0.2) is 11.5 Å². The Morgan fingerprint density at radius 1 is 0.757 bits per heavy atom. The number of amides is 1. The van der Waals surface area contributed by atoms with Crippen LogP contribution >= 0.6 is 0 Å². The Hall–Kier alpha value is -4.30. The van der Waals surface area contributed by atoms with E-state index in [-0.39, 0.29) is 23.5 Å². The number of ether oxygens (including phenoxy) is 2. The molecule has 0 saturated carbocycles. The highest BCUT2D eigenvalue weighted by Gasteiger charge is 2.28. The number of hydrogen-bond acceptors (Lipinski definition) is 5. The van der Waals surface area contributed by atoms with Gasteiger partial charge >= 0.3 is 0 Å². The summed E-state index contributed by atoms with van der Waals surface area (Å²) in [4.78, 5) is 13.5. The quantitative estimate of drug-likeness (QED) is 0.320. The van der Waals surface area contributed by atoms with E-state index in [9.17, 15) is 13.2 Å². The van der Waals surface area contributed by atoms with Crippen molar-refractivity contribution in [2.75, 3.05) is 18.5 Å². The molecule has 1 amide bonds. The molecule has 0 bridgehead atoms. The third-order valence-electron chi connectivity index (χ3n) is 5.82. The molecule has 0 atom stereocenters. The van der Waals surface area contributed by atoms with Gasteiger partial charge in [0.1, 0.15) is 0 Å². The number of rotatable bonds is 10. The maximum absolute atomic E-state index is 13.8. The molecule has 0 aliphatic rings. The number of carbonyl (C=O) groups excluding carboxylic acids is 1. The fourth-order valence-electron chi connectivity index (χ4n) is 3.92. The number of hydrogen-bond donors (Lipinski definition) is 1. The summed E-state index contributed by atoms with van der Waals surface area (Å²) in [5, 5.41) is 2.90. The molecular weight excluding hydrogens is 488 g/mol. The molecule has 37 heavy (non-hydrogen) atoms. The molecule has 0 fully saturated rings. The number of para-hydroxylation sites is 1. The van der Waals surface area contributed by atoms with Crippen molar-refractivity contribution < 1.29 is 22.7 Å². The number of anilines is 1. The highest BCUT2D eigenvalue weighted by atomic mass is 32.2. The van der Waals surface area contributed by atoms with Crippen LogP contribution in [0, 0.1) is 0 Å². The van der Waals surface area contributed by atoms with Crippen LogP contribution in [-0.4, -0.2) is 28.5 Å². The standard InChI is InChI=1S/C29H28N2O5S/c1-35-27-18-17-23(19-28(27)36-2)20-30-29(32)25-15-9-10-16-26(25)31(21-22-11-5-3-6-12-22)37(33,34)24-13-7-4-8-14-24/h3-19H,20-21H2,1-2H3,(H,30,32). The van der Waals surface area contributed by atoms with Crippen molar-refractivity contribution >= 4 is 21.6 Å². The molecule has 0 saturated heterocycles. The summed E-state index contributed by atoms with van der Waals surface area (Å²) in [6.07, 6.45) is 0. The van der Waals surface area contributed by atoms with E-state index in [1.165, 1.54) is 4.31 Å². The maximum Gasteiger partial charge on any atom is 0.264 e.